The fourth-order valence-electron chi connectivity index (χ4n) is 2.54. The van der Waals surface area contributed by atoms with Crippen molar-refractivity contribution >= 4 is 5.82 Å². The third-order valence-corrected chi connectivity index (χ3v) is 3.96. The van der Waals surface area contributed by atoms with Crippen LogP contribution in [0.5, 0.6) is 0 Å². The second-order valence-electron chi connectivity index (χ2n) is 6.24. The van der Waals surface area contributed by atoms with E-state index in [1.165, 1.54) is 24.8 Å². The molecule has 0 saturated carbocycles. The lowest BCUT2D eigenvalue weighted by Crippen LogP contribution is -2.26. The van der Waals surface area contributed by atoms with Gasteiger partial charge in [0.15, 0.2) is 0 Å². The molecule has 0 bridgehead atoms. The number of nitrogens with zero attached hydrogens (tertiary/aromatic N) is 2. The largest absolute Gasteiger partial charge is 0.357 e. The van der Waals surface area contributed by atoms with Gasteiger partial charge in [0, 0.05) is 25.3 Å². The number of pyridine rings is 1. The minimum absolute atomic E-state index is 0.0789. The van der Waals surface area contributed by atoms with Crippen molar-refractivity contribution in [2.24, 2.45) is 11.1 Å². The molecule has 0 aromatic carbocycles. The first kappa shape index (κ1) is 13.3. The monoisotopic (exact) mass is 247 g/mol. The third kappa shape index (κ3) is 3.22. The van der Waals surface area contributed by atoms with E-state index in [0.29, 0.717) is 5.41 Å². The van der Waals surface area contributed by atoms with Gasteiger partial charge in [-0.1, -0.05) is 13.8 Å². The van der Waals surface area contributed by atoms with Crippen LogP contribution in [0.2, 0.25) is 0 Å². The summed E-state index contributed by atoms with van der Waals surface area (Å²) in [5, 5.41) is 0. The summed E-state index contributed by atoms with van der Waals surface area (Å²) in [6, 6.07) is 4.23. The second-order valence-corrected chi connectivity index (χ2v) is 6.24. The predicted molar refractivity (Wildman–Crippen MR) is 76.7 cm³/mol. The second kappa shape index (κ2) is 5.27. The average molecular weight is 247 g/mol. The molecule has 1 saturated heterocycles. The van der Waals surface area contributed by atoms with E-state index in [2.05, 4.69) is 29.8 Å². The molecule has 1 aromatic heterocycles. The highest BCUT2D eigenvalue weighted by atomic mass is 15.2. The molecule has 2 heterocycles. The molecule has 0 unspecified atom stereocenters. The first-order chi connectivity index (χ1) is 8.48. The lowest BCUT2D eigenvalue weighted by atomic mass is 9.85. The van der Waals surface area contributed by atoms with Crippen LogP contribution in [0.3, 0.4) is 0 Å². The van der Waals surface area contributed by atoms with E-state index in [-0.39, 0.29) is 6.04 Å². The van der Waals surface area contributed by atoms with Gasteiger partial charge >= 0.3 is 0 Å². The average Bonchev–Trinajstić information content (AvgIpc) is 2.50. The maximum absolute atomic E-state index is 5.94. The van der Waals surface area contributed by atoms with Gasteiger partial charge in [-0.05, 0) is 49.3 Å². The molecule has 0 radical (unpaired) electrons. The molecular weight excluding hydrogens is 222 g/mol. The van der Waals surface area contributed by atoms with Gasteiger partial charge in [-0.25, -0.2) is 4.98 Å². The van der Waals surface area contributed by atoms with E-state index in [1.54, 1.807) is 0 Å². The topological polar surface area (TPSA) is 42.1 Å². The Kier molecular flexibility index (Phi) is 3.91. The molecule has 0 spiro atoms. The van der Waals surface area contributed by atoms with Crippen molar-refractivity contribution in [3.8, 4) is 0 Å². The molecule has 100 valence electrons. The molecule has 1 atom stereocenters. The molecule has 3 heteroatoms. The maximum Gasteiger partial charge on any atom is 0.128 e. The van der Waals surface area contributed by atoms with Crippen molar-refractivity contribution in [3.63, 3.8) is 0 Å². The van der Waals surface area contributed by atoms with E-state index in [0.717, 1.165) is 18.9 Å². The smallest absolute Gasteiger partial charge is 0.128 e. The van der Waals surface area contributed by atoms with Crippen LogP contribution in [0, 0.1) is 5.41 Å². The first-order valence-corrected chi connectivity index (χ1v) is 6.94. The van der Waals surface area contributed by atoms with Crippen molar-refractivity contribution in [2.75, 3.05) is 18.0 Å². The highest BCUT2D eigenvalue weighted by molar-refractivity contribution is 5.41. The van der Waals surface area contributed by atoms with Crippen LogP contribution in [-0.4, -0.2) is 18.1 Å². The minimum atomic E-state index is 0.0789. The summed E-state index contributed by atoms with van der Waals surface area (Å²) >= 11 is 0. The van der Waals surface area contributed by atoms with Crippen LogP contribution in [-0.2, 0) is 0 Å². The minimum Gasteiger partial charge on any atom is -0.357 e. The predicted octanol–water partition coefficient (Wildman–Crippen LogP) is 3.12. The summed E-state index contributed by atoms with van der Waals surface area (Å²) in [5.74, 6) is 1.09. The molecule has 0 aliphatic carbocycles. The lowest BCUT2D eigenvalue weighted by Gasteiger charge is -2.24. The zero-order chi connectivity index (χ0) is 13.2. The van der Waals surface area contributed by atoms with Crippen molar-refractivity contribution < 1.29 is 0 Å². The first-order valence-electron chi connectivity index (χ1n) is 6.94. The summed E-state index contributed by atoms with van der Waals surface area (Å²) in [6.45, 7) is 8.95. The zero-order valence-electron chi connectivity index (χ0n) is 11.8. The SMILES string of the molecule is C[C@H](N)c1ccnc(N2CCCC(C)(C)CC2)c1. The fraction of sp³-hybridized carbons (Fsp3) is 0.667. The Morgan fingerprint density at radius 2 is 2.11 bits per heavy atom. The fourth-order valence-corrected chi connectivity index (χ4v) is 2.54. The quantitative estimate of drug-likeness (QED) is 0.873. The summed E-state index contributed by atoms with van der Waals surface area (Å²) in [5.41, 5.74) is 7.58. The number of rotatable bonds is 2. The van der Waals surface area contributed by atoms with E-state index < -0.39 is 0 Å². The summed E-state index contributed by atoms with van der Waals surface area (Å²) in [6.07, 6.45) is 5.66. The van der Waals surface area contributed by atoms with Gasteiger partial charge < -0.3 is 10.6 Å². The van der Waals surface area contributed by atoms with E-state index in [4.69, 9.17) is 5.73 Å². The van der Waals surface area contributed by atoms with Gasteiger partial charge in [-0.15, -0.1) is 0 Å². The molecule has 0 amide bonds. The van der Waals surface area contributed by atoms with Crippen LogP contribution in [0.1, 0.15) is 51.6 Å². The van der Waals surface area contributed by atoms with E-state index >= 15 is 0 Å². The van der Waals surface area contributed by atoms with Crippen LogP contribution in [0.4, 0.5) is 5.82 Å². The Bertz CT molecular complexity index is 398. The van der Waals surface area contributed by atoms with Crippen LogP contribution in [0.25, 0.3) is 0 Å². The molecule has 18 heavy (non-hydrogen) atoms. The van der Waals surface area contributed by atoms with Crippen LogP contribution in [0.15, 0.2) is 18.3 Å². The summed E-state index contributed by atoms with van der Waals surface area (Å²) in [7, 11) is 0. The van der Waals surface area contributed by atoms with Gasteiger partial charge in [-0.3, -0.25) is 0 Å². The molecule has 1 aliphatic heterocycles. The van der Waals surface area contributed by atoms with Gasteiger partial charge in [0.1, 0.15) is 5.82 Å². The number of hydrogen-bond acceptors (Lipinski definition) is 3. The standard InChI is InChI=1S/C15H25N3/c1-12(16)13-5-8-17-14(11-13)18-9-4-6-15(2,3)7-10-18/h5,8,11-12H,4,6-7,9-10,16H2,1-3H3/t12-/m0/s1. The number of nitrogens with two attached hydrogens (primary N) is 1. The molecule has 1 fully saturated rings. The Labute approximate surface area is 110 Å². The number of anilines is 1. The van der Waals surface area contributed by atoms with E-state index in [9.17, 15) is 0 Å². The van der Waals surface area contributed by atoms with Crippen LogP contribution < -0.4 is 10.6 Å². The van der Waals surface area contributed by atoms with Gasteiger partial charge in [-0.2, -0.15) is 0 Å². The summed E-state index contributed by atoms with van der Waals surface area (Å²) < 4.78 is 0. The maximum atomic E-state index is 5.94. The van der Waals surface area contributed by atoms with Crippen molar-refractivity contribution in [3.05, 3.63) is 23.9 Å². The third-order valence-electron chi connectivity index (χ3n) is 3.96. The Balaban J connectivity index is 2.13. The normalized spacial score (nSPS) is 21.4. The lowest BCUT2D eigenvalue weighted by molar-refractivity contribution is 0.325. The number of hydrogen-bond donors (Lipinski definition) is 1. The highest BCUT2D eigenvalue weighted by Gasteiger charge is 2.23. The molecule has 2 rings (SSSR count). The number of aromatic nitrogens is 1. The molecular formula is C15H25N3. The highest BCUT2D eigenvalue weighted by Crippen LogP contribution is 2.31. The Hall–Kier alpha value is -1.09. The van der Waals surface area contributed by atoms with Crippen LogP contribution >= 0.6 is 0 Å². The van der Waals surface area contributed by atoms with Crippen molar-refractivity contribution in [1.82, 2.24) is 4.98 Å². The molecule has 1 aromatic rings. The van der Waals surface area contributed by atoms with Crippen molar-refractivity contribution in [2.45, 2.75) is 46.1 Å². The Morgan fingerprint density at radius 3 is 2.83 bits per heavy atom. The summed E-state index contributed by atoms with van der Waals surface area (Å²) in [4.78, 5) is 6.91. The molecule has 2 N–H and O–H groups in total. The van der Waals surface area contributed by atoms with Gasteiger partial charge in [0.2, 0.25) is 0 Å². The van der Waals surface area contributed by atoms with Gasteiger partial charge in [0.25, 0.3) is 0 Å². The molecule has 3 nitrogen and oxygen atoms in total. The van der Waals surface area contributed by atoms with E-state index in [1.807, 2.05) is 19.2 Å². The zero-order valence-corrected chi connectivity index (χ0v) is 11.8. The Morgan fingerprint density at radius 1 is 1.33 bits per heavy atom. The van der Waals surface area contributed by atoms with Gasteiger partial charge in [0.05, 0.1) is 0 Å². The molecule has 1 aliphatic rings. The van der Waals surface area contributed by atoms with Crippen molar-refractivity contribution in [1.29, 1.82) is 0 Å².